The van der Waals surface area contributed by atoms with Crippen molar-refractivity contribution in [3.05, 3.63) is 69.6 Å². The molecule has 4 rings (SSSR count). The summed E-state index contributed by atoms with van der Waals surface area (Å²) in [4.78, 5) is 24.5. The summed E-state index contributed by atoms with van der Waals surface area (Å²) in [5, 5.41) is 4.06. The Labute approximate surface area is 183 Å². The van der Waals surface area contributed by atoms with Crippen molar-refractivity contribution in [2.45, 2.75) is 26.2 Å². The number of thiazole rings is 1. The van der Waals surface area contributed by atoms with Crippen molar-refractivity contribution in [2.75, 3.05) is 18.4 Å². The number of carbonyl (C=O) groups is 1. The topological polar surface area (TPSA) is 58.1 Å². The molecule has 3 aromatic rings. The minimum atomic E-state index is -0.643. The van der Waals surface area contributed by atoms with E-state index >= 15 is 0 Å². The van der Waals surface area contributed by atoms with Crippen LogP contribution in [0.3, 0.4) is 0 Å². The number of nitrogens with zero attached hydrogens (tertiary/aromatic N) is 3. The Hall–Kier alpha value is -2.51. The van der Waals surface area contributed by atoms with E-state index in [1.165, 1.54) is 12.1 Å². The SMILES string of the molecule is Cc1cnc(Nc2cccc(CC3CCN(C(=O)c4cccc(Cl)c4F)CC3)n2)s1. The van der Waals surface area contributed by atoms with Gasteiger partial charge in [-0.3, -0.25) is 4.79 Å². The molecule has 1 amide bonds. The molecule has 1 aliphatic rings. The summed E-state index contributed by atoms with van der Waals surface area (Å²) in [6, 6.07) is 10.5. The number of piperidine rings is 1. The summed E-state index contributed by atoms with van der Waals surface area (Å²) in [7, 11) is 0. The third kappa shape index (κ3) is 4.79. The van der Waals surface area contributed by atoms with Crippen LogP contribution in [-0.2, 0) is 6.42 Å². The molecule has 156 valence electrons. The molecule has 30 heavy (non-hydrogen) atoms. The quantitative estimate of drug-likeness (QED) is 0.566. The molecule has 0 aliphatic carbocycles. The smallest absolute Gasteiger partial charge is 0.256 e. The molecule has 1 N–H and O–H groups in total. The molecule has 1 saturated heterocycles. The lowest BCUT2D eigenvalue weighted by Gasteiger charge is -2.32. The number of hydrogen-bond acceptors (Lipinski definition) is 5. The second-order valence-electron chi connectivity index (χ2n) is 7.46. The molecule has 8 heteroatoms. The zero-order chi connectivity index (χ0) is 21.1. The normalized spacial score (nSPS) is 14.7. The van der Waals surface area contributed by atoms with E-state index in [1.807, 2.05) is 31.3 Å². The number of aryl methyl sites for hydroxylation is 1. The van der Waals surface area contributed by atoms with Gasteiger partial charge in [0.2, 0.25) is 0 Å². The Kier molecular flexibility index (Phi) is 6.29. The molecule has 0 unspecified atom stereocenters. The first kappa shape index (κ1) is 20.8. The zero-order valence-corrected chi connectivity index (χ0v) is 18.1. The molecular formula is C22H22ClFN4OS. The van der Waals surface area contributed by atoms with Gasteiger partial charge in [0.15, 0.2) is 10.9 Å². The zero-order valence-electron chi connectivity index (χ0n) is 16.6. The van der Waals surface area contributed by atoms with E-state index in [-0.39, 0.29) is 16.5 Å². The number of anilines is 2. The lowest BCUT2D eigenvalue weighted by atomic mass is 9.91. The van der Waals surface area contributed by atoms with Crippen LogP contribution in [-0.4, -0.2) is 33.9 Å². The Bertz CT molecular complexity index is 1050. The van der Waals surface area contributed by atoms with E-state index in [0.29, 0.717) is 19.0 Å². The van der Waals surface area contributed by atoms with Crippen molar-refractivity contribution in [1.82, 2.24) is 14.9 Å². The highest BCUT2D eigenvalue weighted by molar-refractivity contribution is 7.15. The van der Waals surface area contributed by atoms with Gasteiger partial charge < -0.3 is 10.2 Å². The number of pyridine rings is 1. The molecule has 0 radical (unpaired) electrons. The van der Waals surface area contributed by atoms with Crippen molar-refractivity contribution in [2.24, 2.45) is 5.92 Å². The van der Waals surface area contributed by atoms with E-state index in [2.05, 4.69) is 10.3 Å². The molecule has 1 aromatic carbocycles. The summed E-state index contributed by atoms with van der Waals surface area (Å²) in [5.41, 5.74) is 1.05. The fraction of sp³-hybridized carbons (Fsp3) is 0.318. The van der Waals surface area contributed by atoms with Gasteiger partial charge in [-0.15, -0.1) is 11.3 Å². The number of halogens is 2. The third-order valence-corrected chi connectivity index (χ3v) is 6.36. The van der Waals surface area contributed by atoms with E-state index in [4.69, 9.17) is 16.6 Å². The fourth-order valence-corrected chi connectivity index (χ4v) is 4.51. The van der Waals surface area contributed by atoms with Crippen LogP contribution in [0.1, 0.15) is 33.8 Å². The maximum Gasteiger partial charge on any atom is 0.256 e. The number of rotatable bonds is 5. The van der Waals surface area contributed by atoms with Crippen LogP contribution in [0.25, 0.3) is 0 Å². The Morgan fingerprint density at radius 3 is 2.77 bits per heavy atom. The molecule has 1 aliphatic heterocycles. The van der Waals surface area contributed by atoms with Crippen molar-refractivity contribution in [1.29, 1.82) is 0 Å². The highest BCUT2D eigenvalue weighted by Crippen LogP contribution is 2.26. The van der Waals surface area contributed by atoms with Gasteiger partial charge in [-0.25, -0.2) is 14.4 Å². The molecule has 2 aromatic heterocycles. The number of aromatic nitrogens is 2. The maximum atomic E-state index is 14.2. The molecule has 0 atom stereocenters. The minimum Gasteiger partial charge on any atom is -0.339 e. The first-order chi connectivity index (χ1) is 14.5. The third-order valence-electron chi connectivity index (χ3n) is 5.24. The average molecular weight is 445 g/mol. The van der Waals surface area contributed by atoms with E-state index < -0.39 is 5.82 Å². The van der Waals surface area contributed by atoms with E-state index in [0.717, 1.165) is 40.8 Å². The summed E-state index contributed by atoms with van der Waals surface area (Å²) >= 11 is 7.41. The maximum absolute atomic E-state index is 14.2. The highest BCUT2D eigenvalue weighted by atomic mass is 35.5. The number of likely N-dealkylation sites (tertiary alicyclic amines) is 1. The highest BCUT2D eigenvalue weighted by Gasteiger charge is 2.26. The average Bonchev–Trinajstić information content (AvgIpc) is 3.15. The lowest BCUT2D eigenvalue weighted by Crippen LogP contribution is -2.39. The molecule has 0 bridgehead atoms. The number of carbonyl (C=O) groups excluding carboxylic acids is 1. The van der Waals surface area contributed by atoms with Gasteiger partial charge in [0.1, 0.15) is 5.82 Å². The molecular weight excluding hydrogens is 423 g/mol. The van der Waals surface area contributed by atoms with Gasteiger partial charge in [-0.2, -0.15) is 0 Å². The van der Waals surface area contributed by atoms with Crippen molar-refractivity contribution >= 4 is 39.8 Å². The van der Waals surface area contributed by atoms with Gasteiger partial charge in [-0.05, 0) is 56.4 Å². The molecule has 1 fully saturated rings. The number of nitrogens with one attached hydrogen (secondary N) is 1. The Morgan fingerprint density at radius 1 is 1.27 bits per heavy atom. The van der Waals surface area contributed by atoms with Crippen LogP contribution in [0.4, 0.5) is 15.3 Å². The van der Waals surface area contributed by atoms with Gasteiger partial charge in [0.05, 0.1) is 10.6 Å². The summed E-state index contributed by atoms with van der Waals surface area (Å²) in [6.07, 6.45) is 4.40. The first-order valence-electron chi connectivity index (χ1n) is 9.88. The molecule has 3 heterocycles. The van der Waals surface area contributed by atoms with Crippen molar-refractivity contribution < 1.29 is 9.18 Å². The summed E-state index contributed by atoms with van der Waals surface area (Å²) in [5.74, 6) is 0.278. The molecule has 0 spiro atoms. The number of hydrogen-bond donors (Lipinski definition) is 1. The Balaban J connectivity index is 1.34. The van der Waals surface area contributed by atoms with E-state index in [1.54, 1.807) is 22.3 Å². The molecule has 5 nitrogen and oxygen atoms in total. The van der Waals surface area contributed by atoms with Gasteiger partial charge >= 0.3 is 0 Å². The second-order valence-corrected chi connectivity index (χ2v) is 9.10. The largest absolute Gasteiger partial charge is 0.339 e. The van der Waals surface area contributed by atoms with Crippen LogP contribution in [0.2, 0.25) is 5.02 Å². The number of benzene rings is 1. The fourth-order valence-electron chi connectivity index (χ4n) is 3.66. The predicted octanol–water partition coefficient (Wildman–Crippen LogP) is 5.48. The summed E-state index contributed by atoms with van der Waals surface area (Å²) < 4.78 is 14.2. The molecule has 0 saturated carbocycles. The van der Waals surface area contributed by atoms with Crippen LogP contribution < -0.4 is 5.32 Å². The lowest BCUT2D eigenvalue weighted by molar-refractivity contribution is 0.0685. The Morgan fingerprint density at radius 2 is 2.03 bits per heavy atom. The van der Waals surface area contributed by atoms with Crippen molar-refractivity contribution in [3.63, 3.8) is 0 Å². The van der Waals surface area contributed by atoms with Gasteiger partial charge in [0.25, 0.3) is 5.91 Å². The number of amides is 1. The van der Waals surface area contributed by atoms with Crippen LogP contribution >= 0.6 is 22.9 Å². The van der Waals surface area contributed by atoms with Gasteiger partial charge in [-0.1, -0.05) is 23.7 Å². The first-order valence-corrected chi connectivity index (χ1v) is 11.1. The van der Waals surface area contributed by atoms with Crippen LogP contribution in [0.15, 0.2) is 42.6 Å². The minimum absolute atomic E-state index is 0.0248. The predicted molar refractivity (Wildman–Crippen MR) is 118 cm³/mol. The van der Waals surface area contributed by atoms with Crippen LogP contribution in [0, 0.1) is 18.7 Å². The second kappa shape index (κ2) is 9.10. The van der Waals surface area contributed by atoms with E-state index in [9.17, 15) is 9.18 Å². The monoisotopic (exact) mass is 444 g/mol. The van der Waals surface area contributed by atoms with Crippen molar-refractivity contribution in [3.8, 4) is 0 Å². The van der Waals surface area contributed by atoms with Crippen LogP contribution in [0.5, 0.6) is 0 Å². The van der Waals surface area contributed by atoms with Gasteiger partial charge in [0, 0.05) is 29.9 Å². The standard InChI is InChI=1S/C22H22ClFN4OS/c1-14-13-25-22(30-14)27-19-7-2-4-16(26-19)12-15-8-10-28(11-9-15)21(29)17-5-3-6-18(23)20(17)24/h2-7,13,15H,8-12H2,1H3,(H,25,26,27). The summed E-state index contributed by atoms with van der Waals surface area (Å²) in [6.45, 7) is 3.22.